The summed E-state index contributed by atoms with van der Waals surface area (Å²) in [7, 11) is -1.31. The van der Waals surface area contributed by atoms with Crippen LogP contribution in [0.2, 0.25) is 0 Å². The van der Waals surface area contributed by atoms with Gasteiger partial charge in [0.1, 0.15) is 5.82 Å². The molecule has 7 nitrogen and oxygen atoms in total. The first-order chi connectivity index (χ1) is 12.5. The Morgan fingerprint density at radius 2 is 1.81 bits per heavy atom. The van der Waals surface area contributed by atoms with Gasteiger partial charge in [0.25, 0.3) is 0 Å². The average Bonchev–Trinajstić information content (AvgIpc) is 2.98. The van der Waals surface area contributed by atoms with Crippen molar-refractivity contribution < 1.29 is 12.8 Å². The van der Waals surface area contributed by atoms with Crippen LogP contribution in [0.5, 0.6) is 0 Å². The van der Waals surface area contributed by atoms with Crippen LogP contribution in [0.25, 0.3) is 0 Å². The summed E-state index contributed by atoms with van der Waals surface area (Å²) in [5, 5.41) is 3.27. The highest BCUT2D eigenvalue weighted by molar-refractivity contribution is 14.0. The van der Waals surface area contributed by atoms with Crippen LogP contribution in [0, 0.1) is 5.82 Å². The fraction of sp³-hybridized carbons (Fsp3) is 0.588. The first-order valence-electron chi connectivity index (χ1n) is 8.93. The van der Waals surface area contributed by atoms with Crippen molar-refractivity contribution >= 4 is 45.6 Å². The van der Waals surface area contributed by atoms with E-state index in [1.807, 2.05) is 0 Å². The van der Waals surface area contributed by atoms with Gasteiger partial charge >= 0.3 is 0 Å². The summed E-state index contributed by atoms with van der Waals surface area (Å²) in [4.78, 5) is 8.70. The molecule has 152 valence electrons. The molecule has 0 radical (unpaired) electrons. The molecule has 0 unspecified atom stereocenters. The van der Waals surface area contributed by atoms with Crippen molar-refractivity contribution in [2.75, 3.05) is 63.5 Å². The lowest BCUT2D eigenvalue weighted by molar-refractivity contribution is 0.369. The van der Waals surface area contributed by atoms with Gasteiger partial charge in [0.15, 0.2) is 5.96 Å². The second kappa shape index (κ2) is 9.87. The maximum absolute atomic E-state index is 13.1. The Bertz CT molecular complexity index is 736. The van der Waals surface area contributed by atoms with E-state index in [0.29, 0.717) is 26.1 Å². The molecule has 0 saturated carbocycles. The summed E-state index contributed by atoms with van der Waals surface area (Å²) in [6, 6.07) is 6.56. The maximum Gasteiger partial charge on any atom is 0.214 e. The molecule has 0 spiro atoms. The Morgan fingerprint density at radius 1 is 1.15 bits per heavy atom. The predicted molar refractivity (Wildman–Crippen MR) is 117 cm³/mol. The minimum absolute atomic E-state index is 0. The zero-order valence-corrected chi connectivity index (χ0v) is 18.6. The number of nitrogens with zero attached hydrogens (tertiary/aromatic N) is 4. The Morgan fingerprint density at radius 3 is 2.37 bits per heavy atom. The standard InChI is InChI=1S/C17H26FN5O2S.HI/c1-19-17(20-7-9-23-8-2-14-26(23,24)25)22-12-10-21(11-13-22)16-5-3-15(18)4-6-16;/h3-6H,2,7-14H2,1H3,(H,19,20);1H. The summed E-state index contributed by atoms with van der Waals surface area (Å²) in [6.07, 6.45) is 0.711. The van der Waals surface area contributed by atoms with Gasteiger partial charge in [-0.3, -0.25) is 4.99 Å². The van der Waals surface area contributed by atoms with Gasteiger partial charge in [-0.15, -0.1) is 24.0 Å². The van der Waals surface area contributed by atoms with E-state index < -0.39 is 10.0 Å². The lowest BCUT2D eigenvalue weighted by Crippen LogP contribution is -2.53. The first kappa shape index (κ1) is 22.2. The first-order valence-corrected chi connectivity index (χ1v) is 10.5. The molecule has 2 saturated heterocycles. The Hall–Kier alpha value is -1.14. The SMILES string of the molecule is CN=C(NCCN1CCCS1(=O)=O)N1CCN(c2ccc(F)cc2)CC1.I. The molecule has 0 atom stereocenters. The highest BCUT2D eigenvalue weighted by atomic mass is 127. The monoisotopic (exact) mass is 511 g/mol. The Labute approximate surface area is 177 Å². The van der Waals surface area contributed by atoms with Crippen LogP contribution < -0.4 is 10.2 Å². The van der Waals surface area contributed by atoms with Crippen molar-refractivity contribution in [2.24, 2.45) is 4.99 Å². The van der Waals surface area contributed by atoms with Gasteiger partial charge in [-0.2, -0.15) is 0 Å². The fourth-order valence-corrected chi connectivity index (χ4v) is 4.92. The van der Waals surface area contributed by atoms with Crippen LogP contribution >= 0.6 is 24.0 Å². The van der Waals surface area contributed by atoms with E-state index in [9.17, 15) is 12.8 Å². The Balaban J connectivity index is 0.00000261. The molecule has 0 amide bonds. The van der Waals surface area contributed by atoms with E-state index in [0.717, 1.165) is 37.8 Å². The van der Waals surface area contributed by atoms with Crippen molar-refractivity contribution in [2.45, 2.75) is 6.42 Å². The van der Waals surface area contributed by atoms with Crippen LogP contribution in [0.4, 0.5) is 10.1 Å². The molecule has 2 aliphatic heterocycles. The van der Waals surface area contributed by atoms with Crippen molar-refractivity contribution in [3.8, 4) is 0 Å². The number of rotatable bonds is 4. The lowest BCUT2D eigenvalue weighted by Gasteiger charge is -2.37. The van der Waals surface area contributed by atoms with Crippen LogP contribution in [-0.4, -0.2) is 82.2 Å². The lowest BCUT2D eigenvalue weighted by atomic mass is 10.2. The quantitative estimate of drug-likeness (QED) is 0.374. The maximum atomic E-state index is 13.1. The number of hydrogen-bond acceptors (Lipinski definition) is 4. The van der Waals surface area contributed by atoms with E-state index in [1.165, 1.54) is 12.1 Å². The van der Waals surface area contributed by atoms with Gasteiger partial charge in [-0.1, -0.05) is 0 Å². The van der Waals surface area contributed by atoms with Crippen molar-refractivity contribution in [1.29, 1.82) is 0 Å². The Kier molecular flexibility index (Phi) is 8.10. The molecular weight excluding hydrogens is 484 g/mol. The number of aliphatic imine (C=N–C) groups is 1. The number of benzene rings is 1. The summed E-state index contributed by atoms with van der Waals surface area (Å²) >= 11 is 0. The number of hydrogen-bond donors (Lipinski definition) is 1. The molecule has 1 N–H and O–H groups in total. The molecule has 27 heavy (non-hydrogen) atoms. The average molecular weight is 511 g/mol. The number of nitrogens with one attached hydrogen (secondary N) is 1. The van der Waals surface area contributed by atoms with Gasteiger partial charge in [0, 0.05) is 58.5 Å². The topological polar surface area (TPSA) is 68.2 Å². The number of anilines is 1. The number of halogens is 2. The zero-order chi connectivity index (χ0) is 18.6. The number of sulfonamides is 1. The van der Waals surface area contributed by atoms with Crippen molar-refractivity contribution in [3.05, 3.63) is 30.1 Å². The molecule has 1 aromatic carbocycles. The number of piperazine rings is 1. The third-order valence-corrected chi connectivity index (χ3v) is 6.79. The van der Waals surface area contributed by atoms with Gasteiger partial charge < -0.3 is 15.1 Å². The highest BCUT2D eigenvalue weighted by Gasteiger charge is 2.27. The van der Waals surface area contributed by atoms with E-state index in [1.54, 1.807) is 23.5 Å². The van der Waals surface area contributed by atoms with Crippen molar-refractivity contribution in [3.63, 3.8) is 0 Å². The normalized spacial score (nSPS) is 20.4. The minimum Gasteiger partial charge on any atom is -0.368 e. The summed E-state index contributed by atoms with van der Waals surface area (Å²) in [6.45, 7) is 4.89. The van der Waals surface area contributed by atoms with Gasteiger partial charge in [0.2, 0.25) is 10.0 Å². The molecule has 3 rings (SSSR count). The highest BCUT2D eigenvalue weighted by Crippen LogP contribution is 2.17. The van der Waals surface area contributed by atoms with E-state index in [4.69, 9.17) is 0 Å². The number of guanidine groups is 1. The summed E-state index contributed by atoms with van der Waals surface area (Å²) in [5.41, 5.74) is 1.02. The third kappa shape index (κ3) is 5.67. The molecule has 1 aromatic rings. The molecular formula is C17H27FIN5O2S. The van der Waals surface area contributed by atoms with Crippen molar-refractivity contribution in [1.82, 2.24) is 14.5 Å². The molecule has 2 heterocycles. The third-order valence-electron chi connectivity index (χ3n) is 4.83. The molecule has 10 heteroatoms. The van der Waals surface area contributed by atoms with E-state index in [-0.39, 0.29) is 35.5 Å². The van der Waals surface area contributed by atoms with Gasteiger partial charge in [0.05, 0.1) is 5.75 Å². The largest absolute Gasteiger partial charge is 0.368 e. The van der Waals surface area contributed by atoms with Crippen LogP contribution in [0.15, 0.2) is 29.3 Å². The van der Waals surface area contributed by atoms with E-state index >= 15 is 0 Å². The molecule has 2 aliphatic rings. The fourth-order valence-electron chi connectivity index (χ4n) is 3.40. The van der Waals surface area contributed by atoms with Crippen LogP contribution in [-0.2, 0) is 10.0 Å². The van der Waals surface area contributed by atoms with Crippen LogP contribution in [0.3, 0.4) is 0 Å². The second-order valence-electron chi connectivity index (χ2n) is 6.49. The van der Waals surface area contributed by atoms with Crippen LogP contribution in [0.1, 0.15) is 6.42 Å². The second-order valence-corrected chi connectivity index (χ2v) is 8.58. The molecule has 0 aromatic heterocycles. The predicted octanol–water partition coefficient (Wildman–Crippen LogP) is 1.18. The summed E-state index contributed by atoms with van der Waals surface area (Å²) in [5.74, 6) is 0.824. The summed E-state index contributed by atoms with van der Waals surface area (Å²) < 4.78 is 38.3. The molecule has 0 bridgehead atoms. The van der Waals surface area contributed by atoms with E-state index in [2.05, 4.69) is 20.1 Å². The molecule has 2 fully saturated rings. The zero-order valence-electron chi connectivity index (χ0n) is 15.5. The smallest absolute Gasteiger partial charge is 0.214 e. The van der Waals surface area contributed by atoms with Gasteiger partial charge in [-0.25, -0.2) is 17.1 Å². The molecule has 0 aliphatic carbocycles. The van der Waals surface area contributed by atoms with Gasteiger partial charge in [-0.05, 0) is 30.7 Å². The minimum atomic E-state index is -3.05.